The molecule has 2 rings (SSSR count). The Morgan fingerprint density at radius 1 is 1.44 bits per heavy atom. The quantitative estimate of drug-likeness (QED) is 0.816. The van der Waals surface area contributed by atoms with E-state index in [1.165, 1.54) is 0 Å². The highest BCUT2D eigenvalue weighted by atomic mass is 32.2. The highest BCUT2D eigenvalue weighted by molar-refractivity contribution is 7.92. The Morgan fingerprint density at radius 2 is 2.06 bits per heavy atom. The molecule has 0 aliphatic carbocycles. The number of benzene rings is 1. The number of carbonyl (C=O) groups is 1. The van der Waals surface area contributed by atoms with E-state index in [0.29, 0.717) is 5.69 Å². The van der Waals surface area contributed by atoms with E-state index in [1.54, 1.807) is 24.3 Å². The third kappa shape index (κ3) is 1.65. The predicted molar refractivity (Wildman–Crippen MR) is 58.9 cm³/mol. The van der Waals surface area contributed by atoms with Crippen molar-refractivity contribution in [3.8, 4) is 0 Å². The van der Waals surface area contributed by atoms with Crippen LogP contribution in [0.5, 0.6) is 0 Å². The Kier molecular flexibility index (Phi) is 2.38. The van der Waals surface area contributed by atoms with Crippen LogP contribution in [0.1, 0.15) is 5.56 Å². The van der Waals surface area contributed by atoms with Gasteiger partial charge in [0.15, 0.2) is 0 Å². The second-order valence-electron chi connectivity index (χ2n) is 3.75. The van der Waals surface area contributed by atoms with Crippen molar-refractivity contribution in [2.24, 2.45) is 0 Å². The molecule has 1 unspecified atom stereocenters. The SMILES string of the molecule is CS(=O)(=O)N1c2ccccc2CC1C(=O)O. The van der Waals surface area contributed by atoms with Crippen LogP contribution in [0.25, 0.3) is 0 Å². The summed E-state index contributed by atoms with van der Waals surface area (Å²) in [7, 11) is -3.56. The van der Waals surface area contributed by atoms with E-state index in [4.69, 9.17) is 5.11 Å². The molecule has 0 radical (unpaired) electrons. The average Bonchev–Trinajstić information content (AvgIpc) is 2.55. The highest BCUT2D eigenvalue weighted by Gasteiger charge is 2.39. The molecule has 1 atom stereocenters. The zero-order chi connectivity index (χ0) is 11.9. The molecule has 1 aliphatic heterocycles. The van der Waals surface area contributed by atoms with Gasteiger partial charge in [0.1, 0.15) is 6.04 Å². The van der Waals surface area contributed by atoms with E-state index in [2.05, 4.69) is 0 Å². The summed E-state index contributed by atoms with van der Waals surface area (Å²) in [5.41, 5.74) is 1.22. The largest absolute Gasteiger partial charge is 0.480 e. The number of aliphatic carboxylic acids is 1. The lowest BCUT2D eigenvalue weighted by Crippen LogP contribution is -2.42. The van der Waals surface area contributed by atoms with E-state index < -0.39 is 22.0 Å². The fraction of sp³-hybridized carbons (Fsp3) is 0.300. The second-order valence-corrected chi connectivity index (χ2v) is 5.61. The summed E-state index contributed by atoms with van der Waals surface area (Å²) in [5.74, 6) is -1.12. The van der Waals surface area contributed by atoms with Crippen molar-refractivity contribution in [1.29, 1.82) is 0 Å². The Hall–Kier alpha value is -1.56. The van der Waals surface area contributed by atoms with Gasteiger partial charge in [0.2, 0.25) is 10.0 Å². The van der Waals surface area contributed by atoms with Crippen molar-refractivity contribution in [2.75, 3.05) is 10.6 Å². The highest BCUT2D eigenvalue weighted by Crippen LogP contribution is 2.33. The number of anilines is 1. The topological polar surface area (TPSA) is 74.7 Å². The van der Waals surface area contributed by atoms with Gasteiger partial charge in [0, 0.05) is 6.42 Å². The van der Waals surface area contributed by atoms with Gasteiger partial charge >= 0.3 is 5.97 Å². The maximum atomic E-state index is 11.6. The number of carboxylic acid groups (broad SMARTS) is 1. The first-order chi connectivity index (χ1) is 7.41. The molecule has 0 fully saturated rings. The molecule has 0 amide bonds. The molecule has 1 aliphatic rings. The fourth-order valence-electron chi connectivity index (χ4n) is 1.95. The number of hydrogen-bond donors (Lipinski definition) is 1. The molecule has 0 aromatic heterocycles. The minimum atomic E-state index is -3.56. The van der Waals surface area contributed by atoms with Gasteiger partial charge in [-0.05, 0) is 11.6 Å². The third-order valence-electron chi connectivity index (χ3n) is 2.57. The summed E-state index contributed by atoms with van der Waals surface area (Å²) < 4.78 is 24.1. The van der Waals surface area contributed by atoms with Crippen LogP contribution in [0.15, 0.2) is 24.3 Å². The van der Waals surface area contributed by atoms with Crippen LogP contribution in [0.3, 0.4) is 0 Å². The summed E-state index contributed by atoms with van der Waals surface area (Å²) in [6.45, 7) is 0. The van der Waals surface area contributed by atoms with Crippen LogP contribution >= 0.6 is 0 Å². The van der Waals surface area contributed by atoms with Gasteiger partial charge in [-0.2, -0.15) is 0 Å². The Morgan fingerprint density at radius 3 is 2.62 bits per heavy atom. The van der Waals surface area contributed by atoms with E-state index >= 15 is 0 Å². The van der Waals surface area contributed by atoms with Crippen LogP contribution in [0.4, 0.5) is 5.69 Å². The van der Waals surface area contributed by atoms with E-state index in [9.17, 15) is 13.2 Å². The molecule has 1 aromatic carbocycles. The molecule has 0 saturated carbocycles. The number of para-hydroxylation sites is 1. The maximum absolute atomic E-state index is 11.6. The molecule has 5 nitrogen and oxygen atoms in total. The maximum Gasteiger partial charge on any atom is 0.327 e. The first kappa shape index (κ1) is 10.9. The number of hydrogen-bond acceptors (Lipinski definition) is 3. The molecule has 1 heterocycles. The second kappa shape index (κ2) is 3.48. The summed E-state index contributed by atoms with van der Waals surface area (Å²) in [4.78, 5) is 11.0. The van der Waals surface area contributed by atoms with Crippen LogP contribution in [0, 0.1) is 0 Å². The first-order valence-electron chi connectivity index (χ1n) is 4.71. The van der Waals surface area contributed by atoms with Gasteiger partial charge in [-0.15, -0.1) is 0 Å². The standard InChI is InChI=1S/C10H11NO4S/c1-16(14,15)11-8-5-3-2-4-7(8)6-9(11)10(12)13/h2-5,9H,6H2,1H3,(H,12,13). The van der Waals surface area contributed by atoms with Gasteiger partial charge in [-0.1, -0.05) is 18.2 Å². The van der Waals surface area contributed by atoms with Crippen LogP contribution in [0.2, 0.25) is 0 Å². The number of nitrogens with zero attached hydrogens (tertiary/aromatic N) is 1. The van der Waals surface area contributed by atoms with Crippen LogP contribution in [-0.2, 0) is 21.2 Å². The molecule has 1 aromatic rings. The molecule has 6 heteroatoms. The van der Waals surface area contributed by atoms with Gasteiger partial charge < -0.3 is 5.11 Å². The smallest absolute Gasteiger partial charge is 0.327 e. The monoisotopic (exact) mass is 241 g/mol. The van der Waals surface area contributed by atoms with Crippen molar-refractivity contribution in [3.05, 3.63) is 29.8 Å². The first-order valence-corrected chi connectivity index (χ1v) is 6.56. The summed E-state index contributed by atoms with van der Waals surface area (Å²) >= 11 is 0. The normalized spacial score (nSPS) is 19.6. The molecule has 0 bridgehead atoms. The molecular formula is C10H11NO4S. The van der Waals surface area contributed by atoms with Crippen molar-refractivity contribution in [3.63, 3.8) is 0 Å². The molecule has 0 saturated heterocycles. The zero-order valence-corrected chi connectivity index (χ0v) is 9.44. The lowest BCUT2D eigenvalue weighted by Gasteiger charge is -2.21. The van der Waals surface area contributed by atoms with Gasteiger partial charge in [0.25, 0.3) is 0 Å². The third-order valence-corrected chi connectivity index (χ3v) is 3.73. The molecule has 0 spiro atoms. The summed E-state index contributed by atoms with van der Waals surface area (Å²) in [5, 5.41) is 9.01. The lowest BCUT2D eigenvalue weighted by molar-refractivity contribution is -0.138. The number of carboxylic acids is 1. The van der Waals surface area contributed by atoms with Crippen molar-refractivity contribution in [2.45, 2.75) is 12.5 Å². The molecule has 1 N–H and O–H groups in total. The molecular weight excluding hydrogens is 230 g/mol. The van der Waals surface area contributed by atoms with Gasteiger partial charge in [-0.25, -0.2) is 13.2 Å². The van der Waals surface area contributed by atoms with E-state index in [1.807, 2.05) is 0 Å². The van der Waals surface area contributed by atoms with Gasteiger partial charge in [-0.3, -0.25) is 4.31 Å². The number of sulfonamides is 1. The van der Waals surface area contributed by atoms with E-state index in [0.717, 1.165) is 16.1 Å². The van der Waals surface area contributed by atoms with E-state index in [-0.39, 0.29) is 6.42 Å². The minimum absolute atomic E-state index is 0.221. The molecule has 86 valence electrons. The van der Waals surface area contributed by atoms with Crippen molar-refractivity contribution in [1.82, 2.24) is 0 Å². The predicted octanol–water partition coefficient (Wildman–Crippen LogP) is 0.462. The lowest BCUT2D eigenvalue weighted by atomic mass is 10.1. The average molecular weight is 241 g/mol. The Balaban J connectivity index is 2.57. The van der Waals surface area contributed by atoms with Gasteiger partial charge in [0.05, 0.1) is 11.9 Å². The van der Waals surface area contributed by atoms with Crippen LogP contribution in [-0.4, -0.2) is 31.8 Å². The summed E-state index contributed by atoms with van der Waals surface area (Å²) in [6, 6.07) is 5.81. The summed E-state index contributed by atoms with van der Waals surface area (Å²) in [6.07, 6.45) is 1.24. The van der Waals surface area contributed by atoms with Crippen molar-refractivity contribution >= 4 is 21.7 Å². The number of fused-ring (bicyclic) bond motifs is 1. The zero-order valence-electron chi connectivity index (χ0n) is 8.62. The fourth-order valence-corrected chi connectivity index (χ4v) is 3.12. The van der Waals surface area contributed by atoms with Crippen molar-refractivity contribution < 1.29 is 18.3 Å². The Bertz CT molecular complexity index is 538. The minimum Gasteiger partial charge on any atom is -0.480 e. The van der Waals surface area contributed by atoms with Crippen LogP contribution < -0.4 is 4.31 Å². The molecule has 16 heavy (non-hydrogen) atoms. The Labute approximate surface area is 93.4 Å². The number of rotatable bonds is 2.